The zero-order valence-corrected chi connectivity index (χ0v) is 17.7. The van der Waals surface area contributed by atoms with Crippen molar-refractivity contribution in [3.8, 4) is 5.69 Å². The van der Waals surface area contributed by atoms with Gasteiger partial charge in [0.2, 0.25) is 0 Å². The fourth-order valence-electron chi connectivity index (χ4n) is 3.66. The van der Waals surface area contributed by atoms with Gasteiger partial charge in [0, 0.05) is 43.3 Å². The fraction of sp³-hybridized carbons (Fsp3) is 0.304. The van der Waals surface area contributed by atoms with Gasteiger partial charge in [0.05, 0.1) is 23.3 Å². The molecule has 1 fully saturated rings. The highest BCUT2D eigenvalue weighted by Crippen LogP contribution is 2.17. The minimum atomic E-state index is 0.786. The molecule has 0 atom stereocenters. The average Bonchev–Trinajstić information content (AvgIpc) is 3.03. The number of nitrogens with zero attached hydrogens (tertiary/aromatic N) is 5. The molecule has 0 spiro atoms. The number of hydrogen-bond acceptors (Lipinski definition) is 4. The smallest absolute Gasteiger partial charge is 0.0689 e. The largest absolute Gasteiger partial charge is 0.295 e. The number of aromatic nitrogens is 2. The maximum absolute atomic E-state index is 5.98. The van der Waals surface area contributed by atoms with Crippen LogP contribution in [0.3, 0.4) is 0 Å². The molecule has 1 aromatic heterocycles. The normalized spacial score (nSPS) is 15.3. The lowest BCUT2D eigenvalue weighted by atomic mass is 10.2. The van der Waals surface area contributed by atoms with Crippen molar-refractivity contribution < 1.29 is 0 Å². The highest BCUT2D eigenvalue weighted by molar-refractivity contribution is 6.30. The molecule has 150 valence electrons. The highest BCUT2D eigenvalue weighted by Gasteiger charge is 2.16. The van der Waals surface area contributed by atoms with E-state index in [9.17, 15) is 0 Å². The van der Waals surface area contributed by atoms with Crippen molar-refractivity contribution in [2.45, 2.75) is 20.4 Å². The van der Waals surface area contributed by atoms with Crippen LogP contribution in [0.25, 0.3) is 5.69 Å². The van der Waals surface area contributed by atoms with Gasteiger partial charge in [-0.05, 0) is 43.7 Å². The molecule has 6 heteroatoms. The van der Waals surface area contributed by atoms with Crippen molar-refractivity contribution in [2.75, 3.05) is 26.2 Å². The maximum Gasteiger partial charge on any atom is 0.0689 e. The predicted molar refractivity (Wildman–Crippen MR) is 119 cm³/mol. The van der Waals surface area contributed by atoms with Crippen LogP contribution < -0.4 is 0 Å². The summed E-state index contributed by atoms with van der Waals surface area (Å²) in [6, 6.07) is 18.3. The topological polar surface area (TPSA) is 36.7 Å². The third kappa shape index (κ3) is 4.69. The summed E-state index contributed by atoms with van der Waals surface area (Å²) in [6.07, 6.45) is 1.96. The molecule has 0 bridgehead atoms. The summed E-state index contributed by atoms with van der Waals surface area (Å²) in [5.74, 6) is 0. The molecule has 0 N–H and O–H groups in total. The van der Waals surface area contributed by atoms with E-state index in [1.807, 2.05) is 48.2 Å². The van der Waals surface area contributed by atoms with Crippen LogP contribution in [0.2, 0.25) is 5.02 Å². The SMILES string of the molecule is Cc1nn(-c2ccccc2)c(C)c1C=NN1CCN(Cc2ccc(Cl)cc2)CC1. The van der Waals surface area contributed by atoms with Crippen molar-refractivity contribution in [1.82, 2.24) is 19.7 Å². The summed E-state index contributed by atoms with van der Waals surface area (Å²) in [4.78, 5) is 2.46. The van der Waals surface area contributed by atoms with Crippen LogP contribution in [0, 0.1) is 13.8 Å². The molecule has 0 aliphatic carbocycles. The van der Waals surface area contributed by atoms with Crippen LogP contribution in [-0.4, -0.2) is 52.1 Å². The number of hydrazone groups is 1. The van der Waals surface area contributed by atoms with E-state index >= 15 is 0 Å². The lowest BCUT2D eigenvalue weighted by molar-refractivity contribution is 0.131. The number of hydrogen-bond donors (Lipinski definition) is 0. The van der Waals surface area contributed by atoms with Crippen molar-refractivity contribution in [3.63, 3.8) is 0 Å². The number of aryl methyl sites for hydroxylation is 1. The molecule has 2 heterocycles. The molecule has 0 radical (unpaired) electrons. The molecule has 0 amide bonds. The Morgan fingerprint density at radius 2 is 1.66 bits per heavy atom. The summed E-state index contributed by atoms with van der Waals surface area (Å²) < 4.78 is 1.99. The quantitative estimate of drug-likeness (QED) is 0.592. The fourth-order valence-corrected chi connectivity index (χ4v) is 3.79. The second kappa shape index (κ2) is 8.80. The van der Waals surface area contributed by atoms with Gasteiger partial charge in [-0.15, -0.1) is 0 Å². The Hall–Kier alpha value is -2.63. The molecule has 1 saturated heterocycles. The van der Waals surface area contributed by atoms with Gasteiger partial charge >= 0.3 is 0 Å². The minimum absolute atomic E-state index is 0.786. The van der Waals surface area contributed by atoms with Gasteiger partial charge in [-0.3, -0.25) is 9.91 Å². The summed E-state index contributed by atoms with van der Waals surface area (Å²) >= 11 is 5.98. The maximum atomic E-state index is 5.98. The van der Waals surface area contributed by atoms with E-state index in [0.29, 0.717) is 0 Å². The summed E-state index contributed by atoms with van der Waals surface area (Å²) in [6.45, 7) is 8.94. The summed E-state index contributed by atoms with van der Waals surface area (Å²) in [7, 11) is 0. The molecule has 29 heavy (non-hydrogen) atoms. The molecule has 4 rings (SSSR count). The van der Waals surface area contributed by atoms with Gasteiger partial charge < -0.3 is 0 Å². The van der Waals surface area contributed by atoms with E-state index in [4.69, 9.17) is 21.8 Å². The molecule has 3 aromatic rings. The molecule has 0 saturated carbocycles. The van der Waals surface area contributed by atoms with E-state index < -0.39 is 0 Å². The zero-order chi connectivity index (χ0) is 20.2. The monoisotopic (exact) mass is 407 g/mol. The van der Waals surface area contributed by atoms with E-state index in [2.05, 4.69) is 41.1 Å². The first-order valence-corrected chi connectivity index (χ1v) is 10.4. The molecule has 2 aromatic carbocycles. The van der Waals surface area contributed by atoms with Gasteiger partial charge in [-0.1, -0.05) is 41.9 Å². The summed E-state index contributed by atoms with van der Waals surface area (Å²) in [5.41, 5.74) is 5.57. The molecule has 5 nitrogen and oxygen atoms in total. The second-order valence-electron chi connectivity index (χ2n) is 7.43. The van der Waals surface area contributed by atoms with Gasteiger partial charge in [0.25, 0.3) is 0 Å². The van der Waals surface area contributed by atoms with Gasteiger partial charge in [0.15, 0.2) is 0 Å². The minimum Gasteiger partial charge on any atom is -0.295 e. The van der Waals surface area contributed by atoms with Crippen LogP contribution in [0.15, 0.2) is 59.7 Å². The van der Waals surface area contributed by atoms with Crippen LogP contribution in [0.4, 0.5) is 0 Å². The highest BCUT2D eigenvalue weighted by atomic mass is 35.5. The summed E-state index contributed by atoms with van der Waals surface area (Å²) in [5, 5.41) is 12.4. The van der Waals surface area contributed by atoms with E-state index in [1.54, 1.807) is 0 Å². The third-order valence-electron chi connectivity index (χ3n) is 5.37. The first-order valence-electron chi connectivity index (χ1n) is 9.97. The van der Waals surface area contributed by atoms with Crippen LogP contribution in [0.1, 0.15) is 22.5 Å². The number of benzene rings is 2. The van der Waals surface area contributed by atoms with E-state index in [-0.39, 0.29) is 0 Å². The van der Waals surface area contributed by atoms with E-state index in [0.717, 1.165) is 60.4 Å². The predicted octanol–water partition coefficient (Wildman–Crippen LogP) is 4.29. The van der Waals surface area contributed by atoms with E-state index in [1.165, 1.54) is 5.56 Å². The lowest BCUT2D eigenvalue weighted by Gasteiger charge is -2.33. The van der Waals surface area contributed by atoms with Gasteiger partial charge in [0.1, 0.15) is 0 Å². The molecular formula is C23H26ClN5. The standard InChI is InChI=1S/C23H26ClN5/c1-18-23(19(2)29(26-18)22-6-4-3-5-7-22)16-25-28-14-12-27(13-15-28)17-20-8-10-21(24)11-9-20/h3-11,16H,12-15,17H2,1-2H3. The van der Waals surface area contributed by atoms with Crippen molar-refractivity contribution in [2.24, 2.45) is 5.10 Å². The van der Waals surface area contributed by atoms with Crippen molar-refractivity contribution >= 4 is 17.8 Å². The Morgan fingerprint density at radius 3 is 2.34 bits per heavy atom. The van der Waals surface area contributed by atoms with Crippen molar-refractivity contribution in [1.29, 1.82) is 0 Å². The van der Waals surface area contributed by atoms with Gasteiger partial charge in [-0.2, -0.15) is 10.2 Å². The average molecular weight is 408 g/mol. The number of piperazine rings is 1. The zero-order valence-electron chi connectivity index (χ0n) is 16.9. The first-order chi connectivity index (χ1) is 14.1. The Labute approximate surface area is 177 Å². The number of para-hydroxylation sites is 1. The number of halogens is 1. The Kier molecular flexibility index (Phi) is 5.97. The molecular weight excluding hydrogens is 382 g/mol. The molecule has 1 aliphatic heterocycles. The van der Waals surface area contributed by atoms with Crippen molar-refractivity contribution in [3.05, 3.63) is 82.1 Å². The lowest BCUT2D eigenvalue weighted by Crippen LogP contribution is -2.43. The second-order valence-corrected chi connectivity index (χ2v) is 7.87. The molecule has 0 unspecified atom stereocenters. The Balaban J connectivity index is 1.37. The first kappa shape index (κ1) is 19.7. The van der Waals surface area contributed by atoms with Gasteiger partial charge in [-0.25, -0.2) is 4.68 Å². The van der Waals surface area contributed by atoms with Crippen LogP contribution in [0.5, 0.6) is 0 Å². The molecule has 1 aliphatic rings. The third-order valence-corrected chi connectivity index (χ3v) is 5.62. The number of rotatable bonds is 5. The Morgan fingerprint density at radius 1 is 0.966 bits per heavy atom. The Bertz CT molecular complexity index is 971. The van der Waals surface area contributed by atoms with Crippen LogP contribution in [-0.2, 0) is 6.54 Å². The van der Waals surface area contributed by atoms with Crippen LogP contribution >= 0.6 is 11.6 Å².